The molecule has 0 N–H and O–H groups in total. The van der Waals surface area contributed by atoms with Crippen LogP contribution in [0.15, 0.2) is 57.7 Å². The van der Waals surface area contributed by atoms with Gasteiger partial charge in [0, 0.05) is 5.39 Å². The Bertz CT molecular complexity index is 1230. The molecule has 0 fully saturated rings. The van der Waals surface area contributed by atoms with E-state index in [4.69, 9.17) is 13.9 Å². The van der Waals surface area contributed by atoms with Crippen LogP contribution in [0, 0.1) is 0 Å². The molecule has 0 amide bonds. The summed E-state index contributed by atoms with van der Waals surface area (Å²) in [5.41, 5.74) is -2.70. The van der Waals surface area contributed by atoms with Crippen molar-refractivity contribution in [2.75, 3.05) is 6.61 Å². The van der Waals surface area contributed by atoms with Crippen molar-refractivity contribution in [3.63, 3.8) is 0 Å². The molecule has 0 aliphatic carbocycles. The predicted molar refractivity (Wildman–Crippen MR) is 145 cm³/mol. The summed E-state index contributed by atoms with van der Waals surface area (Å²) in [5.74, 6) is -0.121. The second-order valence-electron chi connectivity index (χ2n) is 9.80. The van der Waals surface area contributed by atoms with E-state index >= 15 is 0 Å². The highest BCUT2D eigenvalue weighted by Gasteiger charge is 2.31. The highest BCUT2D eigenvalue weighted by molar-refractivity contribution is 5.94. The number of carbonyl (C=O) groups is 1. The van der Waals surface area contributed by atoms with Crippen molar-refractivity contribution in [2.45, 2.75) is 90.1 Å². The summed E-state index contributed by atoms with van der Waals surface area (Å²) in [6.07, 6.45) is 10.7. The number of rotatable bonds is 16. The van der Waals surface area contributed by atoms with E-state index in [1.54, 1.807) is 24.3 Å². The van der Waals surface area contributed by atoms with Crippen molar-refractivity contribution in [2.24, 2.45) is 0 Å². The third kappa shape index (κ3) is 10.1. The van der Waals surface area contributed by atoms with Crippen LogP contribution in [0.4, 0.5) is 13.2 Å². The Labute approximate surface area is 227 Å². The number of halogens is 3. The maximum absolute atomic E-state index is 12.9. The molecule has 0 saturated heterocycles. The zero-order valence-corrected chi connectivity index (χ0v) is 22.5. The van der Waals surface area contributed by atoms with Gasteiger partial charge in [-0.2, -0.15) is 13.2 Å². The molecule has 3 aromatic rings. The molecule has 0 aliphatic heterocycles. The van der Waals surface area contributed by atoms with E-state index in [0.717, 1.165) is 37.1 Å². The van der Waals surface area contributed by atoms with Gasteiger partial charge in [-0.3, -0.25) is 0 Å². The number of alkyl halides is 3. The van der Waals surface area contributed by atoms with Gasteiger partial charge in [-0.15, -0.1) is 0 Å². The smallest absolute Gasteiger partial charge is 0.416 e. The van der Waals surface area contributed by atoms with Crippen LogP contribution in [0.25, 0.3) is 11.0 Å². The summed E-state index contributed by atoms with van der Waals surface area (Å²) >= 11 is 0. The Kier molecular flexibility index (Phi) is 11.9. The van der Waals surface area contributed by atoms with Gasteiger partial charge in [-0.05, 0) is 48.9 Å². The molecule has 1 heterocycles. The Morgan fingerprint density at radius 2 is 1.33 bits per heavy atom. The number of fused-ring (bicyclic) bond motifs is 1. The van der Waals surface area contributed by atoms with Crippen LogP contribution in [0.5, 0.6) is 11.5 Å². The average molecular weight is 547 g/mol. The van der Waals surface area contributed by atoms with E-state index in [2.05, 4.69) is 6.92 Å². The average Bonchev–Trinajstić information content (AvgIpc) is 2.91. The molecule has 2 aromatic carbocycles. The fraction of sp³-hybridized carbons (Fsp3) is 0.484. The maximum atomic E-state index is 12.9. The number of benzene rings is 2. The monoisotopic (exact) mass is 546 g/mol. The number of ether oxygens (including phenoxy) is 2. The number of carbonyl (C=O) groups excluding carboxylic acids is 1. The van der Waals surface area contributed by atoms with Crippen LogP contribution >= 0.6 is 0 Å². The van der Waals surface area contributed by atoms with E-state index in [1.807, 2.05) is 0 Å². The van der Waals surface area contributed by atoms with Gasteiger partial charge >= 0.3 is 17.8 Å². The predicted octanol–water partition coefficient (Wildman–Crippen LogP) is 9.11. The lowest BCUT2D eigenvalue weighted by atomic mass is 10.1. The van der Waals surface area contributed by atoms with Crippen molar-refractivity contribution < 1.29 is 31.9 Å². The first-order chi connectivity index (χ1) is 18.8. The van der Waals surface area contributed by atoms with Crippen LogP contribution in [-0.4, -0.2) is 12.6 Å². The van der Waals surface area contributed by atoms with E-state index < -0.39 is 28.9 Å². The van der Waals surface area contributed by atoms with Crippen molar-refractivity contribution in [3.05, 3.63) is 70.1 Å². The second-order valence-corrected chi connectivity index (χ2v) is 9.80. The molecule has 39 heavy (non-hydrogen) atoms. The van der Waals surface area contributed by atoms with Crippen LogP contribution in [-0.2, 0) is 6.18 Å². The van der Waals surface area contributed by atoms with Crippen LogP contribution in [0.3, 0.4) is 0 Å². The first-order valence-corrected chi connectivity index (χ1v) is 13.9. The SMILES string of the molecule is CCCCCCCCCCCCCCOc1ccc(OC(=O)c2cc3ccc(C(F)(F)F)cc3oc2=O)cc1. The van der Waals surface area contributed by atoms with Gasteiger partial charge in [-0.25, -0.2) is 9.59 Å². The molecule has 0 radical (unpaired) electrons. The van der Waals surface area contributed by atoms with Gasteiger partial charge in [-0.1, -0.05) is 83.6 Å². The maximum Gasteiger partial charge on any atom is 0.416 e. The van der Waals surface area contributed by atoms with Crippen molar-refractivity contribution in [3.8, 4) is 11.5 Å². The van der Waals surface area contributed by atoms with Gasteiger partial charge in [0.1, 0.15) is 22.6 Å². The van der Waals surface area contributed by atoms with E-state index in [1.165, 1.54) is 64.2 Å². The molecule has 1 aromatic heterocycles. The van der Waals surface area contributed by atoms with Crippen molar-refractivity contribution in [1.29, 1.82) is 0 Å². The lowest BCUT2D eigenvalue weighted by Crippen LogP contribution is -2.18. The quantitative estimate of drug-likeness (QED) is 0.0776. The fourth-order valence-electron chi connectivity index (χ4n) is 4.33. The third-order valence-corrected chi connectivity index (χ3v) is 6.58. The highest BCUT2D eigenvalue weighted by atomic mass is 19.4. The molecule has 0 aliphatic rings. The number of unbranched alkanes of at least 4 members (excludes halogenated alkanes) is 11. The van der Waals surface area contributed by atoms with Crippen LogP contribution in [0.1, 0.15) is 99.9 Å². The Hall–Kier alpha value is -3.29. The Morgan fingerprint density at radius 1 is 0.769 bits per heavy atom. The summed E-state index contributed by atoms with van der Waals surface area (Å²) in [6.45, 7) is 2.84. The van der Waals surface area contributed by atoms with Crippen LogP contribution < -0.4 is 15.1 Å². The fourth-order valence-corrected chi connectivity index (χ4v) is 4.33. The number of esters is 1. The first kappa shape index (κ1) is 30.3. The lowest BCUT2D eigenvalue weighted by molar-refractivity contribution is -0.137. The third-order valence-electron chi connectivity index (χ3n) is 6.58. The van der Waals surface area contributed by atoms with Crippen molar-refractivity contribution in [1.82, 2.24) is 0 Å². The minimum Gasteiger partial charge on any atom is -0.494 e. The molecule has 0 bridgehead atoms. The van der Waals surface area contributed by atoms with Crippen molar-refractivity contribution >= 4 is 16.9 Å². The molecule has 0 spiro atoms. The minimum atomic E-state index is -4.58. The van der Waals surface area contributed by atoms with E-state index in [-0.39, 0.29) is 16.7 Å². The molecule has 212 valence electrons. The zero-order chi connectivity index (χ0) is 28.1. The molecule has 0 unspecified atom stereocenters. The summed E-state index contributed by atoms with van der Waals surface area (Å²) < 4.78 is 54.6. The Morgan fingerprint density at radius 3 is 1.92 bits per heavy atom. The second kappa shape index (κ2) is 15.3. The van der Waals surface area contributed by atoms with E-state index in [0.29, 0.717) is 12.4 Å². The normalized spacial score (nSPS) is 11.6. The molecule has 3 rings (SSSR count). The molecular formula is C31H37F3O5. The molecule has 8 heteroatoms. The van der Waals surface area contributed by atoms with E-state index in [9.17, 15) is 22.8 Å². The lowest BCUT2D eigenvalue weighted by Gasteiger charge is -2.09. The molecule has 0 atom stereocenters. The van der Waals surface area contributed by atoms with Gasteiger partial charge in [0.05, 0.1) is 12.2 Å². The zero-order valence-electron chi connectivity index (χ0n) is 22.5. The Balaban J connectivity index is 1.37. The first-order valence-electron chi connectivity index (χ1n) is 13.9. The molecule has 5 nitrogen and oxygen atoms in total. The van der Waals surface area contributed by atoms with Gasteiger partial charge in [0.2, 0.25) is 0 Å². The topological polar surface area (TPSA) is 65.7 Å². The molecular weight excluding hydrogens is 509 g/mol. The minimum absolute atomic E-state index is 0.177. The number of hydrogen-bond acceptors (Lipinski definition) is 5. The van der Waals surface area contributed by atoms with Gasteiger partial charge < -0.3 is 13.9 Å². The molecule has 0 saturated carbocycles. The summed E-state index contributed by atoms with van der Waals surface area (Å²) in [6, 6.07) is 10.3. The highest BCUT2D eigenvalue weighted by Crippen LogP contribution is 2.31. The summed E-state index contributed by atoms with van der Waals surface area (Å²) in [5, 5.41) is 0.177. The van der Waals surface area contributed by atoms with Gasteiger partial charge in [0.15, 0.2) is 0 Å². The number of hydrogen-bond donors (Lipinski definition) is 0. The van der Waals surface area contributed by atoms with Crippen LogP contribution in [0.2, 0.25) is 0 Å². The summed E-state index contributed by atoms with van der Waals surface area (Å²) in [7, 11) is 0. The standard InChI is InChI=1S/C31H37F3O5/c1-2-3-4-5-6-7-8-9-10-11-12-13-20-37-25-16-18-26(19-17-25)38-29(35)27-21-23-14-15-24(31(32,33)34)22-28(23)39-30(27)36/h14-19,21-22H,2-13,20H2,1H3. The largest absolute Gasteiger partial charge is 0.494 e. The van der Waals surface area contributed by atoms with Gasteiger partial charge in [0.25, 0.3) is 0 Å². The summed E-state index contributed by atoms with van der Waals surface area (Å²) in [4.78, 5) is 24.7.